The molecule has 14 heavy (non-hydrogen) atoms. The molecule has 1 atom stereocenters. The summed E-state index contributed by atoms with van der Waals surface area (Å²) in [6.45, 7) is 1.18. The van der Waals surface area contributed by atoms with Crippen LogP contribution in [0.1, 0.15) is 11.6 Å². The maximum absolute atomic E-state index is 11.5. The minimum absolute atomic E-state index is 0.000324. The molecule has 0 saturated carbocycles. The number of anilines is 1. The number of rotatable bonds is 3. The number of para-hydroxylation sites is 1. The summed E-state index contributed by atoms with van der Waals surface area (Å²) in [7, 11) is 0. The molecular weight excluding hydrogens is 178 g/mol. The average Bonchev–Trinajstić information content (AvgIpc) is 2.51. The van der Waals surface area contributed by atoms with Crippen molar-refractivity contribution in [1.82, 2.24) is 5.32 Å². The van der Waals surface area contributed by atoms with Crippen LogP contribution in [0.5, 0.6) is 0 Å². The summed E-state index contributed by atoms with van der Waals surface area (Å²) in [5.74, 6) is -0.000324. The van der Waals surface area contributed by atoms with Crippen LogP contribution in [0.4, 0.5) is 5.69 Å². The van der Waals surface area contributed by atoms with Gasteiger partial charge < -0.3 is 16.4 Å². The molecule has 4 nitrogen and oxygen atoms in total. The van der Waals surface area contributed by atoms with Crippen molar-refractivity contribution in [3.63, 3.8) is 0 Å². The first kappa shape index (κ1) is 9.18. The van der Waals surface area contributed by atoms with E-state index in [1.807, 2.05) is 24.3 Å². The normalized spacial score (nSPS) is 19.2. The maximum atomic E-state index is 11.5. The predicted octanol–water partition coefficient (Wildman–Crippen LogP) is 0.228. The number of carbonyl (C=O) groups is 1. The molecule has 0 aromatic heterocycles. The lowest BCUT2D eigenvalue weighted by molar-refractivity contribution is -0.117. The first-order valence-corrected chi connectivity index (χ1v) is 4.66. The van der Waals surface area contributed by atoms with Crippen molar-refractivity contribution in [1.29, 1.82) is 0 Å². The summed E-state index contributed by atoms with van der Waals surface area (Å²) >= 11 is 0. The fraction of sp³-hybridized carbons (Fsp3) is 0.300. The Morgan fingerprint density at radius 3 is 3.00 bits per heavy atom. The van der Waals surface area contributed by atoms with Gasteiger partial charge in [-0.15, -0.1) is 0 Å². The SMILES string of the molecule is NCCNC1C(=O)Nc2ccccc21. The number of amides is 1. The number of hydrogen-bond donors (Lipinski definition) is 3. The average molecular weight is 191 g/mol. The second-order valence-electron chi connectivity index (χ2n) is 3.25. The van der Waals surface area contributed by atoms with Gasteiger partial charge >= 0.3 is 0 Å². The first-order valence-electron chi connectivity index (χ1n) is 4.66. The molecule has 0 aliphatic carbocycles. The molecule has 0 saturated heterocycles. The van der Waals surface area contributed by atoms with Crippen molar-refractivity contribution in [3.8, 4) is 0 Å². The molecule has 0 fully saturated rings. The standard InChI is InChI=1S/C10H13N3O/c11-5-6-12-9-7-3-1-2-4-8(7)13-10(9)14/h1-4,9,12H,5-6,11H2,(H,13,14). The second-order valence-corrected chi connectivity index (χ2v) is 3.25. The Balaban J connectivity index is 2.21. The number of benzene rings is 1. The van der Waals surface area contributed by atoms with Crippen LogP contribution in [-0.4, -0.2) is 19.0 Å². The van der Waals surface area contributed by atoms with Gasteiger partial charge in [-0.25, -0.2) is 0 Å². The van der Waals surface area contributed by atoms with Crippen molar-refractivity contribution in [2.75, 3.05) is 18.4 Å². The molecule has 0 spiro atoms. The number of carbonyl (C=O) groups excluding carboxylic acids is 1. The van der Waals surface area contributed by atoms with Gasteiger partial charge in [0.05, 0.1) is 0 Å². The molecular formula is C10H13N3O. The third-order valence-electron chi connectivity index (χ3n) is 2.28. The van der Waals surface area contributed by atoms with Crippen molar-refractivity contribution >= 4 is 11.6 Å². The zero-order valence-electron chi connectivity index (χ0n) is 7.79. The Bertz CT molecular complexity index is 351. The number of hydrogen-bond acceptors (Lipinski definition) is 3. The van der Waals surface area contributed by atoms with E-state index in [1.165, 1.54) is 0 Å². The van der Waals surface area contributed by atoms with Crippen LogP contribution in [0.3, 0.4) is 0 Å². The summed E-state index contributed by atoms with van der Waals surface area (Å²) in [5, 5.41) is 5.91. The molecule has 2 rings (SSSR count). The third-order valence-corrected chi connectivity index (χ3v) is 2.28. The molecule has 0 radical (unpaired) electrons. The lowest BCUT2D eigenvalue weighted by atomic mass is 10.1. The number of fused-ring (bicyclic) bond motifs is 1. The lowest BCUT2D eigenvalue weighted by Gasteiger charge is -2.09. The van der Waals surface area contributed by atoms with E-state index in [0.717, 1.165) is 11.3 Å². The van der Waals surface area contributed by atoms with E-state index in [0.29, 0.717) is 13.1 Å². The van der Waals surface area contributed by atoms with E-state index in [-0.39, 0.29) is 11.9 Å². The molecule has 4 heteroatoms. The quantitative estimate of drug-likeness (QED) is 0.640. The van der Waals surface area contributed by atoms with Gasteiger partial charge in [-0.05, 0) is 6.07 Å². The molecule has 1 aromatic rings. The van der Waals surface area contributed by atoms with Crippen LogP contribution in [-0.2, 0) is 4.79 Å². The van der Waals surface area contributed by atoms with E-state index < -0.39 is 0 Å². The zero-order chi connectivity index (χ0) is 9.97. The minimum Gasteiger partial charge on any atom is -0.329 e. The maximum Gasteiger partial charge on any atom is 0.246 e. The Labute approximate surface area is 82.5 Å². The van der Waals surface area contributed by atoms with Crippen LogP contribution in [0, 0.1) is 0 Å². The molecule has 4 N–H and O–H groups in total. The monoisotopic (exact) mass is 191 g/mol. The third kappa shape index (κ3) is 1.49. The van der Waals surface area contributed by atoms with Gasteiger partial charge in [-0.2, -0.15) is 0 Å². The van der Waals surface area contributed by atoms with Crippen LogP contribution < -0.4 is 16.4 Å². The highest BCUT2D eigenvalue weighted by Crippen LogP contribution is 2.29. The minimum atomic E-state index is -0.241. The van der Waals surface area contributed by atoms with E-state index >= 15 is 0 Å². The molecule has 1 unspecified atom stereocenters. The van der Waals surface area contributed by atoms with E-state index in [4.69, 9.17) is 5.73 Å². The van der Waals surface area contributed by atoms with Crippen LogP contribution in [0.15, 0.2) is 24.3 Å². The zero-order valence-corrected chi connectivity index (χ0v) is 7.79. The van der Waals surface area contributed by atoms with Gasteiger partial charge in [-0.1, -0.05) is 18.2 Å². The molecule has 0 bridgehead atoms. The smallest absolute Gasteiger partial charge is 0.246 e. The summed E-state index contributed by atoms with van der Waals surface area (Å²) < 4.78 is 0. The van der Waals surface area contributed by atoms with E-state index in [2.05, 4.69) is 10.6 Å². The summed E-state index contributed by atoms with van der Waals surface area (Å²) in [5.41, 5.74) is 7.28. The van der Waals surface area contributed by atoms with Crippen molar-refractivity contribution in [2.45, 2.75) is 6.04 Å². The highest BCUT2D eigenvalue weighted by atomic mass is 16.2. The summed E-state index contributed by atoms with van der Waals surface area (Å²) in [6, 6.07) is 7.44. The van der Waals surface area contributed by atoms with Crippen molar-refractivity contribution < 1.29 is 4.79 Å². The van der Waals surface area contributed by atoms with Crippen molar-refractivity contribution in [2.24, 2.45) is 5.73 Å². The van der Waals surface area contributed by atoms with Crippen LogP contribution >= 0.6 is 0 Å². The summed E-state index contributed by atoms with van der Waals surface area (Å²) in [4.78, 5) is 11.5. The van der Waals surface area contributed by atoms with E-state index in [1.54, 1.807) is 0 Å². The molecule has 1 aliphatic heterocycles. The highest BCUT2D eigenvalue weighted by Gasteiger charge is 2.28. The van der Waals surface area contributed by atoms with Gasteiger partial charge in [0.25, 0.3) is 0 Å². The highest BCUT2D eigenvalue weighted by molar-refractivity contribution is 6.02. The van der Waals surface area contributed by atoms with Gasteiger partial charge in [0.2, 0.25) is 5.91 Å². The number of nitrogens with two attached hydrogens (primary N) is 1. The summed E-state index contributed by atoms with van der Waals surface area (Å²) in [6.07, 6.45) is 0. The first-order chi connectivity index (χ1) is 6.83. The Kier molecular flexibility index (Phi) is 2.47. The van der Waals surface area contributed by atoms with Gasteiger partial charge in [0.1, 0.15) is 6.04 Å². The molecule has 74 valence electrons. The molecule has 1 heterocycles. The Morgan fingerprint density at radius 2 is 2.21 bits per heavy atom. The molecule has 1 aliphatic rings. The molecule has 1 aromatic carbocycles. The topological polar surface area (TPSA) is 67.1 Å². The Hall–Kier alpha value is -1.39. The van der Waals surface area contributed by atoms with Crippen LogP contribution in [0.2, 0.25) is 0 Å². The second kappa shape index (κ2) is 3.77. The number of nitrogens with one attached hydrogen (secondary N) is 2. The molecule has 1 amide bonds. The van der Waals surface area contributed by atoms with E-state index in [9.17, 15) is 4.79 Å². The Morgan fingerprint density at radius 1 is 1.43 bits per heavy atom. The fourth-order valence-electron chi connectivity index (χ4n) is 1.64. The largest absolute Gasteiger partial charge is 0.329 e. The van der Waals surface area contributed by atoms with Crippen LogP contribution in [0.25, 0.3) is 0 Å². The van der Waals surface area contributed by atoms with Gasteiger partial charge in [0.15, 0.2) is 0 Å². The predicted molar refractivity (Wildman–Crippen MR) is 54.9 cm³/mol. The van der Waals surface area contributed by atoms with Crippen molar-refractivity contribution in [3.05, 3.63) is 29.8 Å². The lowest BCUT2D eigenvalue weighted by Crippen LogP contribution is -2.31. The van der Waals surface area contributed by atoms with Gasteiger partial charge in [0, 0.05) is 24.3 Å². The fourth-order valence-corrected chi connectivity index (χ4v) is 1.64. The van der Waals surface area contributed by atoms with Gasteiger partial charge in [-0.3, -0.25) is 4.79 Å².